The molecule has 0 heterocycles. The zero-order valence-electron chi connectivity index (χ0n) is 9.41. The van der Waals surface area contributed by atoms with Gasteiger partial charge in [-0.1, -0.05) is 27.7 Å². The molecule has 0 aliphatic carbocycles. The molecule has 0 saturated heterocycles. The minimum atomic E-state index is -0.625. The van der Waals surface area contributed by atoms with Crippen LogP contribution in [0.5, 0.6) is 0 Å². The molecule has 0 amide bonds. The number of aliphatic hydroxyl groups is 1. The number of hydrogen-bond donors (Lipinski definition) is 2. The second-order valence-corrected chi connectivity index (χ2v) is 4.00. The first kappa shape index (κ1) is 13.4. The fourth-order valence-corrected chi connectivity index (χ4v) is 0.776. The van der Waals surface area contributed by atoms with Crippen molar-refractivity contribution in [3.05, 3.63) is 0 Å². The summed E-state index contributed by atoms with van der Waals surface area (Å²) in [5, 5.41) is 12.4. The molecule has 0 rings (SSSR count). The van der Waals surface area contributed by atoms with E-state index >= 15 is 0 Å². The summed E-state index contributed by atoms with van der Waals surface area (Å²) in [6.45, 7) is 8.03. The molecule has 84 valence electrons. The summed E-state index contributed by atoms with van der Waals surface area (Å²) in [5.74, 6) is -0.408. The first-order valence-electron chi connectivity index (χ1n) is 5.01. The third-order valence-corrected chi connectivity index (χ3v) is 1.65. The van der Waals surface area contributed by atoms with Gasteiger partial charge in [0.2, 0.25) is 0 Å². The van der Waals surface area contributed by atoms with E-state index in [1.807, 2.05) is 13.8 Å². The lowest BCUT2D eigenvalue weighted by Crippen LogP contribution is -2.35. The molecule has 1 unspecified atom stereocenters. The average molecular weight is 203 g/mol. The maximum atomic E-state index is 11.0. The smallest absolute Gasteiger partial charge is 0.308 e. The van der Waals surface area contributed by atoms with E-state index in [1.54, 1.807) is 13.8 Å². The molecule has 0 aromatic carbocycles. The summed E-state index contributed by atoms with van der Waals surface area (Å²) in [6, 6.07) is 0.324. The normalized spacial score (nSPS) is 13.4. The molecule has 0 aromatic heterocycles. The molecule has 0 fully saturated rings. The Hall–Kier alpha value is -0.610. The molecule has 0 saturated carbocycles. The minimum absolute atomic E-state index is 0.0662. The van der Waals surface area contributed by atoms with E-state index in [4.69, 9.17) is 4.74 Å². The highest BCUT2D eigenvalue weighted by Gasteiger charge is 2.11. The van der Waals surface area contributed by atoms with Gasteiger partial charge in [-0.15, -0.1) is 0 Å². The second kappa shape index (κ2) is 6.79. The Kier molecular flexibility index (Phi) is 6.49. The van der Waals surface area contributed by atoms with E-state index in [2.05, 4.69) is 5.32 Å². The first-order valence-corrected chi connectivity index (χ1v) is 5.01. The van der Waals surface area contributed by atoms with Crippen molar-refractivity contribution < 1.29 is 14.6 Å². The van der Waals surface area contributed by atoms with Gasteiger partial charge in [0.1, 0.15) is 12.7 Å². The van der Waals surface area contributed by atoms with E-state index < -0.39 is 6.10 Å². The topological polar surface area (TPSA) is 58.6 Å². The van der Waals surface area contributed by atoms with Gasteiger partial charge in [-0.05, 0) is 0 Å². The van der Waals surface area contributed by atoms with Gasteiger partial charge in [0.15, 0.2) is 0 Å². The second-order valence-electron chi connectivity index (χ2n) is 4.00. The zero-order chi connectivity index (χ0) is 11.1. The van der Waals surface area contributed by atoms with Crippen LogP contribution in [0.15, 0.2) is 0 Å². The summed E-state index contributed by atoms with van der Waals surface area (Å²) < 4.78 is 4.87. The Labute approximate surface area is 85.6 Å². The predicted molar refractivity (Wildman–Crippen MR) is 54.9 cm³/mol. The number of esters is 1. The molecule has 0 spiro atoms. The van der Waals surface area contributed by atoms with Gasteiger partial charge in [0.25, 0.3) is 0 Å². The fourth-order valence-electron chi connectivity index (χ4n) is 0.776. The molecule has 1 atom stereocenters. The lowest BCUT2D eigenvalue weighted by Gasteiger charge is -2.14. The Morgan fingerprint density at radius 3 is 2.36 bits per heavy atom. The number of nitrogens with one attached hydrogen (secondary N) is 1. The van der Waals surface area contributed by atoms with Gasteiger partial charge in [-0.2, -0.15) is 0 Å². The van der Waals surface area contributed by atoms with Crippen LogP contribution in [0.1, 0.15) is 27.7 Å². The van der Waals surface area contributed by atoms with Gasteiger partial charge >= 0.3 is 5.97 Å². The van der Waals surface area contributed by atoms with Crippen molar-refractivity contribution in [3.8, 4) is 0 Å². The molecular formula is C10H21NO3. The van der Waals surface area contributed by atoms with Crippen LogP contribution in [0.2, 0.25) is 0 Å². The Morgan fingerprint density at radius 1 is 1.36 bits per heavy atom. The van der Waals surface area contributed by atoms with Crippen molar-refractivity contribution in [1.29, 1.82) is 0 Å². The monoisotopic (exact) mass is 203 g/mol. The Balaban J connectivity index is 3.53. The van der Waals surface area contributed by atoms with Crippen LogP contribution in [-0.2, 0) is 9.53 Å². The molecule has 0 aliphatic rings. The van der Waals surface area contributed by atoms with Crippen molar-refractivity contribution in [2.75, 3.05) is 13.2 Å². The number of ether oxygens (including phenoxy) is 1. The standard InChI is InChI=1S/C10H21NO3/c1-7(2)10(13)14-6-9(12)5-11-8(3)4/h7-9,11-12H,5-6H2,1-4H3. The molecule has 0 aromatic rings. The van der Waals surface area contributed by atoms with Crippen molar-refractivity contribution in [3.63, 3.8) is 0 Å². The maximum Gasteiger partial charge on any atom is 0.308 e. The van der Waals surface area contributed by atoms with E-state index in [-0.39, 0.29) is 18.5 Å². The van der Waals surface area contributed by atoms with Crippen molar-refractivity contribution in [1.82, 2.24) is 5.32 Å². The zero-order valence-corrected chi connectivity index (χ0v) is 9.41. The third kappa shape index (κ3) is 6.86. The van der Waals surface area contributed by atoms with Gasteiger partial charge in [-0.3, -0.25) is 4.79 Å². The fraction of sp³-hybridized carbons (Fsp3) is 0.900. The molecule has 4 heteroatoms. The van der Waals surface area contributed by atoms with Crippen LogP contribution >= 0.6 is 0 Å². The number of carbonyl (C=O) groups excluding carboxylic acids is 1. The lowest BCUT2D eigenvalue weighted by atomic mass is 10.2. The maximum absolute atomic E-state index is 11.0. The van der Waals surface area contributed by atoms with Crippen molar-refractivity contribution in [2.24, 2.45) is 5.92 Å². The summed E-state index contributed by atoms with van der Waals surface area (Å²) in [7, 11) is 0. The van der Waals surface area contributed by atoms with Gasteiger partial charge in [-0.25, -0.2) is 0 Å². The minimum Gasteiger partial charge on any atom is -0.463 e. The molecule has 0 radical (unpaired) electrons. The molecule has 2 N–H and O–H groups in total. The van der Waals surface area contributed by atoms with Crippen LogP contribution in [0.4, 0.5) is 0 Å². The SMILES string of the molecule is CC(C)NCC(O)COC(=O)C(C)C. The van der Waals surface area contributed by atoms with Gasteiger partial charge in [0, 0.05) is 12.6 Å². The summed E-state index contributed by atoms with van der Waals surface area (Å²) in [6.07, 6.45) is -0.625. The number of carbonyl (C=O) groups is 1. The summed E-state index contributed by atoms with van der Waals surface area (Å²) >= 11 is 0. The quantitative estimate of drug-likeness (QED) is 0.619. The van der Waals surface area contributed by atoms with E-state index in [1.165, 1.54) is 0 Å². The number of aliphatic hydroxyl groups excluding tert-OH is 1. The molecule has 0 aliphatic heterocycles. The van der Waals surface area contributed by atoms with Crippen LogP contribution < -0.4 is 5.32 Å². The van der Waals surface area contributed by atoms with Crippen LogP contribution in [0, 0.1) is 5.92 Å². The van der Waals surface area contributed by atoms with Crippen LogP contribution in [0.25, 0.3) is 0 Å². The third-order valence-electron chi connectivity index (χ3n) is 1.65. The van der Waals surface area contributed by atoms with Gasteiger partial charge in [0.05, 0.1) is 5.92 Å². The lowest BCUT2D eigenvalue weighted by molar-refractivity contribution is -0.150. The van der Waals surface area contributed by atoms with Crippen molar-refractivity contribution in [2.45, 2.75) is 39.8 Å². The van der Waals surface area contributed by atoms with Crippen molar-refractivity contribution >= 4 is 5.97 Å². The average Bonchev–Trinajstić information content (AvgIpc) is 2.10. The highest BCUT2D eigenvalue weighted by molar-refractivity contribution is 5.71. The first-order chi connectivity index (χ1) is 6.43. The Morgan fingerprint density at radius 2 is 1.93 bits per heavy atom. The molecule has 4 nitrogen and oxygen atoms in total. The Bertz CT molecular complexity index is 169. The van der Waals surface area contributed by atoms with E-state index in [0.717, 1.165) is 0 Å². The molecule has 0 bridgehead atoms. The summed E-state index contributed by atoms with van der Waals surface area (Å²) in [4.78, 5) is 11.0. The molecule has 14 heavy (non-hydrogen) atoms. The highest BCUT2D eigenvalue weighted by Crippen LogP contribution is 1.96. The van der Waals surface area contributed by atoms with E-state index in [9.17, 15) is 9.90 Å². The van der Waals surface area contributed by atoms with Crippen LogP contribution in [0.3, 0.4) is 0 Å². The predicted octanol–water partition coefficient (Wildman–Crippen LogP) is 0.544. The molecular weight excluding hydrogens is 182 g/mol. The van der Waals surface area contributed by atoms with Crippen LogP contribution in [-0.4, -0.2) is 36.4 Å². The van der Waals surface area contributed by atoms with E-state index in [0.29, 0.717) is 12.6 Å². The highest BCUT2D eigenvalue weighted by atomic mass is 16.5. The number of hydrogen-bond acceptors (Lipinski definition) is 4. The van der Waals surface area contributed by atoms with Gasteiger partial charge < -0.3 is 15.2 Å². The summed E-state index contributed by atoms with van der Waals surface area (Å²) in [5.41, 5.74) is 0. The largest absolute Gasteiger partial charge is 0.463 e. The number of rotatable bonds is 6.